The van der Waals surface area contributed by atoms with Crippen molar-refractivity contribution in [2.45, 2.75) is 32.9 Å². The second-order valence-corrected chi connectivity index (χ2v) is 5.76. The molecule has 2 aromatic carbocycles. The molecule has 2 N–H and O–H groups in total. The average molecular weight is 307 g/mol. The van der Waals surface area contributed by atoms with Crippen molar-refractivity contribution < 1.29 is 5.11 Å². The first-order valence-electron chi connectivity index (χ1n) is 8.02. The monoisotopic (exact) mass is 307 g/mol. The number of hydrogen-bond acceptors (Lipinski definition) is 2. The molecule has 2 nitrogen and oxygen atoms in total. The first kappa shape index (κ1) is 17.0. The molecule has 0 fully saturated rings. The Kier molecular flexibility index (Phi) is 6.19. The summed E-state index contributed by atoms with van der Waals surface area (Å²) in [6.45, 7) is 9.02. The lowest BCUT2D eigenvalue weighted by molar-refractivity contribution is 0.474. The van der Waals surface area contributed by atoms with E-state index in [0.717, 1.165) is 18.5 Å². The third-order valence-corrected chi connectivity index (χ3v) is 3.98. The molecule has 0 radical (unpaired) electrons. The molecule has 2 aromatic rings. The van der Waals surface area contributed by atoms with Crippen molar-refractivity contribution in [3.05, 3.63) is 77.2 Å². The molecule has 2 rings (SSSR count). The first-order valence-corrected chi connectivity index (χ1v) is 8.02. The van der Waals surface area contributed by atoms with E-state index in [1.807, 2.05) is 18.2 Å². The van der Waals surface area contributed by atoms with Crippen LogP contribution >= 0.6 is 0 Å². The molecule has 1 atom stereocenters. The second kappa shape index (κ2) is 8.35. The van der Waals surface area contributed by atoms with E-state index in [1.165, 1.54) is 16.0 Å². The summed E-state index contributed by atoms with van der Waals surface area (Å²) >= 11 is 0. The number of nitrogens with one attached hydrogen (secondary N) is 1. The van der Waals surface area contributed by atoms with E-state index in [0.29, 0.717) is 11.8 Å². The third kappa shape index (κ3) is 4.83. The lowest BCUT2D eigenvalue weighted by Crippen LogP contribution is -2.30. The fraction of sp³-hybridized carbons (Fsp3) is 0.238. The highest BCUT2D eigenvalue weighted by Crippen LogP contribution is 2.11. The van der Waals surface area contributed by atoms with Crippen LogP contribution in [0.5, 0.6) is 5.75 Å². The summed E-state index contributed by atoms with van der Waals surface area (Å²) in [5, 5.41) is 15.3. The molecular weight excluding hydrogens is 282 g/mol. The molecule has 0 amide bonds. The summed E-state index contributed by atoms with van der Waals surface area (Å²) in [5.41, 5.74) is 2.42. The van der Waals surface area contributed by atoms with Gasteiger partial charge in [-0.05, 0) is 54.0 Å². The normalized spacial score (nSPS) is 14.4. The predicted molar refractivity (Wildman–Crippen MR) is 98.5 cm³/mol. The molecule has 0 bridgehead atoms. The van der Waals surface area contributed by atoms with Crippen molar-refractivity contribution in [2.75, 3.05) is 0 Å². The SMILES string of the molecule is C=C/C(CC(C)NCc1ccc(O)cc1)=c1/cccc/c1=C/C. The minimum atomic E-state index is 0.302. The number of phenols is 1. The number of benzene rings is 2. The van der Waals surface area contributed by atoms with Crippen LogP contribution in [-0.4, -0.2) is 11.1 Å². The zero-order valence-corrected chi connectivity index (χ0v) is 13.9. The molecule has 0 heterocycles. The maximum Gasteiger partial charge on any atom is 0.115 e. The van der Waals surface area contributed by atoms with Crippen LogP contribution in [0.4, 0.5) is 0 Å². The van der Waals surface area contributed by atoms with E-state index in [4.69, 9.17) is 0 Å². The fourth-order valence-electron chi connectivity index (χ4n) is 2.65. The quantitative estimate of drug-likeness (QED) is 0.859. The molecule has 120 valence electrons. The van der Waals surface area contributed by atoms with E-state index in [2.05, 4.69) is 56.1 Å². The van der Waals surface area contributed by atoms with Crippen LogP contribution in [0.15, 0.2) is 61.2 Å². The van der Waals surface area contributed by atoms with Gasteiger partial charge in [-0.3, -0.25) is 0 Å². The zero-order chi connectivity index (χ0) is 16.7. The maximum absolute atomic E-state index is 9.32. The molecule has 1 unspecified atom stereocenters. The summed E-state index contributed by atoms with van der Waals surface area (Å²) in [4.78, 5) is 0. The Morgan fingerprint density at radius 2 is 1.87 bits per heavy atom. The maximum atomic E-state index is 9.32. The first-order chi connectivity index (χ1) is 11.1. The molecule has 0 saturated carbocycles. The summed E-state index contributed by atoms with van der Waals surface area (Å²) in [6, 6.07) is 16.1. The minimum absolute atomic E-state index is 0.302. The van der Waals surface area contributed by atoms with Gasteiger partial charge in [0.15, 0.2) is 0 Å². The topological polar surface area (TPSA) is 32.3 Å². The Labute approximate surface area is 138 Å². The van der Waals surface area contributed by atoms with Gasteiger partial charge < -0.3 is 10.4 Å². The average Bonchev–Trinajstić information content (AvgIpc) is 2.59. The molecule has 0 aliphatic heterocycles. The fourth-order valence-corrected chi connectivity index (χ4v) is 2.65. The number of aromatic hydroxyl groups is 1. The predicted octanol–water partition coefficient (Wildman–Crippen LogP) is 3.10. The lowest BCUT2D eigenvalue weighted by atomic mass is 10.0. The number of hydrogen-bond donors (Lipinski definition) is 2. The van der Waals surface area contributed by atoms with Crippen molar-refractivity contribution >= 4 is 11.6 Å². The van der Waals surface area contributed by atoms with Gasteiger partial charge in [0.05, 0.1) is 0 Å². The Balaban J connectivity index is 2.10. The minimum Gasteiger partial charge on any atom is -0.508 e. The second-order valence-electron chi connectivity index (χ2n) is 5.76. The largest absolute Gasteiger partial charge is 0.508 e. The number of phenolic OH excluding ortho intramolecular Hbond substituents is 1. The van der Waals surface area contributed by atoms with Crippen LogP contribution in [0.25, 0.3) is 11.6 Å². The molecule has 0 spiro atoms. The summed E-state index contributed by atoms with van der Waals surface area (Å²) < 4.78 is 0. The number of rotatable bonds is 6. The molecule has 0 aliphatic carbocycles. The highest BCUT2D eigenvalue weighted by molar-refractivity contribution is 5.56. The van der Waals surface area contributed by atoms with E-state index in [9.17, 15) is 5.11 Å². The van der Waals surface area contributed by atoms with E-state index in [1.54, 1.807) is 12.1 Å². The van der Waals surface area contributed by atoms with Crippen LogP contribution in [0.2, 0.25) is 0 Å². The van der Waals surface area contributed by atoms with Crippen molar-refractivity contribution in [1.82, 2.24) is 5.32 Å². The van der Waals surface area contributed by atoms with Crippen molar-refractivity contribution in [3.63, 3.8) is 0 Å². The highest BCUT2D eigenvalue weighted by atomic mass is 16.3. The molecular formula is C21H25NO. The zero-order valence-electron chi connectivity index (χ0n) is 13.9. The summed E-state index contributed by atoms with van der Waals surface area (Å²) in [5.74, 6) is 0.302. The van der Waals surface area contributed by atoms with Crippen molar-refractivity contribution in [3.8, 4) is 5.75 Å². The van der Waals surface area contributed by atoms with Crippen molar-refractivity contribution in [1.29, 1.82) is 0 Å². The van der Waals surface area contributed by atoms with Gasteiger partial charge in [0.2, 0.25) is 0 Å². The van der Waals surface area contributed by atoms with Crippen LogP contribution < -0.4 is 15.8 Å². The Morgan fingerprint density at radius 3 is 2.52 bits per heavy atom. The van der Waals surface area contributed by atoms with E-state index in [-0.39, 0.29) is 0 Å². The van der Waals surface area contributed by atoms with Gasteiger partial charge in [0.25, 0.3) is 0 Å². The van der Waals surface area contributed by atoms with E-state index < -0.39 is 0 Å². The lowest BCUT2D eigenvalue weighted by Gasteiger charge is -2.15. The summed E-state index contributed by atoms with van der Waals surface area (Å²) in [7, 11) is 0. The Bertz CT molecular complexity index is 759. The van der Waals surface area contributed by atoms with Crippen LogP contribution in [0, 0.1) is 0 Å². The van der Waals surface area contributed by atoms with Crippen LogP contribution in [0.3, 0.4) is 0 Å². The van der Waals surface area contributed by atoms with Crippen LogP contribution in [-0.2, 0) is 6.54 Å². The van der Waals surface area contributed by atoms with Crippen LogP contribution in [0.1, 0.15) is 25.8 Å². The van der Waals surface area contributed by atoms with Crippen molar-refractivity contribution in [2.24, 2.45) is 0 Å². The molecule has 2 heteroatoms. The smallest absolute Gasteiger partial charge is 0.115 e. The Hall–Kier alpha value is -2.32. The van der Waals surface area contributed by atoms with Gasteiger partial charge in [-0.25, -0.2) is 0 Å². The number of allylic oxidation sites excluding steroid dienone is 1. The Morgan fingerprint density at radius 1 is 1.17 bits per heavy atom. The molecule has 23 heavy (non-hydrogen) atoms. The standard InChI is InChI=1S/C21H25NO/c1-4-18-8-6-7-9-21(18)19(5-2)14-16(3)22-15-17-10-12-20(23)13-11-17/h4-13,16,22-23H,2,14-15H2,1,3H3/b18-4-,21-19+. The van der Waals surface area contributed by atoms with Gasteiger partial charge >= 0.3 is 0 Å². The van der Waals surface area contributed by atoms with Gasteiger partial charge in [0.1, 0.15) is 5.75 Å². The third-order valence-electron chi connectivity index (χ3n) is 3.98. The van der Waals surface area contributed by atoms with Gasteiger partial charge in [0, 0.05) is 12.6 Å². The molecule has 0 saturated heterocycles. The summed E-state index contributed by atoms with van der Waals surface area (Å²) in [6.07, 6.45) is 5.01. The van der Waals surface area contributed by atoms with E-state index >= 15 is 0 Å². The highest BCUT2D eigenvalue weighted by Gasteiger charge is 2.05. The molecule has 0 aromatic heterocycles. The van der Waals surface area contributed by atoms with Gasteiger partial charge in [-0.15, -0.1) is 0 Å². The molecule has 0 aliphatic rings. The van der Waals surface area contributed by atoms with Gasteiger partial charge in [-0.2, -0.15) is 0 Å². The van der Waals surface area contributed by atoms with Gasteiger partial charge in [-0.1, -0.05) is 55.1 Å².